The Balaban J connectivity index is 0.967. The van der Waals surface area contributed by atoms with Crippen LogP contribution in [0, 0.1) is 0 Å². The highest BCUT2D eigenvalue weighted by atomic mass is 32.2. The fraction of sp³-hybridized carbons (Fsp3) is 0.200. The molecule has 3 aliphatic carbocycles. The van der Waals surface area contributed by atoms with Crippen molar-refractivity contribution in [2.24, 2.45) is 0 Å². The summed E-state index contributed by atoms with van der Waals surface area (Å²) in [6.07, 6.45) is 0. The van der Waals surface area contributed by atoms with Gasteiger partial charge in [0.15, 0.2) is 0 Å². The van der Waals surface area contributed by atoms with Gasteiger partial charge in [0.25, 0.3) is 0 Å². The molecule has 1 nitrogen and oxygen atoms in total. The first-order valence-electron chi connectivity index (χ1n) is 33.0. The van der Waals surface area contributed by atoms with Gasteiger partial charge in [-0.2, -0.15) is 0 Å². The standard InChI is InChI=1S/C90H79NS/c1-85(2,3)60-39-44-68-69-45-40-61(86(4,5)6)52-76(69)89(75(68)51-60)73-29-19-16-28-67(73)72-48-43-64(55-79(72)89)91(81-31-21-17-26-65(81)58-36-34-57(35-37-58)56-24-14-13-15-25-56)82-32-22-18-27-66(82)59-38-49-84-80(50-59)90(74-30-20-23-33-83(74)92-84)77-53-62(87(7,8)9)41-46-70(77)71-47-42-63(54-78(71)90)88(10,11)12/h13-55H,1-12H3. The molecule has 1 aliphatic heterocycles. The third-order valence-electron chi connectivity index (χ3n) is 20.8. The van der Waals surface area contributed by atoms with Crippen LogP contribution in [0.3, 0.4) is 0 Å². The van der Waals surface area contributed by atoms with E-state index in [0.29, 0.717) is 0 Å². The molecule has 0 bridgehead atoms. The molecule has 0 radical (unpaired) electrons. The predicted molar refractivity (Wildman–Crippen MR) is 390 cm³/mol. The second-order valence-corrected chi connectivity index (χ2v) is 31.5. The third-order valence-corrected chi connectivity index (χ3v) is 22.0. The van der Waals surface area contributed by atoms with E-state index in [0.717, 1.165) is 33.8 Å². The van der Waals surface area contributed by atoms with Crippen LogP contribution in [0.15, 0.2) is 271 Å². The molecular weight excluding hydrogens is 1130 g/mol. The lowest BCUT2D eigenvalue weighted by atomic mass is 9.65. The smallest absolute Gasteiger partial charge is 0.0735 e. The molecule has 12 aromatic rings. The quantitative estimate of drug-likeness (QED) is 0.163. The number of benzene rings is 12. The van der Waals surface area contributed by atoms with E-state index in [1.807, 2.05) is 11.8 Å². The van der Waals surface area contributed by atoms with E-state index in [4.69, 9.17) is 0 Å². The Morgan fingerprint density at radius 3 is 1.09 bits per heavy atom. The summed E-state index contributed by atoms with van der Waals surface area (Å²) in [5, 5.41) is 0. The lowest BCUT2D eigenvalue weighted by molar-refractivity contribution is 0.585. The van der Waals surface area contributed by atoms with Crippen molar-refractivity contribution in [2.45, 2.75) is 125 Å². The van der Waals surface area contributed by atoms with Crippen LogP contribution in [0.25, 0.3) is 66.8 Å². The highest BCUT2D eigenvalue weighted by Gasteiger charge is 2.54. The summed E-state index contributed by atoms with van der Waals surface area (Å²) in [4.78, 5) is 5.20. The number of fused-ring (bicyclic) bond motifs is 19. The van der Waals surface area contributed by atoms with Crippen molar-refractivity contribution in [1.29, 1.82) is 0 Å². The van der Waals surface area contributed by atoms with E-state index in [2.05, 4.69) is 349 Å². The molecule has 0 aromatic heterocycles. The molecule has 0 saturated heterocycles. The van der Waals surface area contributed by atoms with Gasteiger partial charge in [-0.25, -0.2) is 0 Å². The summed E-state index contributed by atoms with van der Waals surface area (Å²) in [6.45, 7) is 28.3. The van der Waals surface area contributed by atoms with Crippen molar-refractivity contribution >= 4 is 28.8 Å². The van der Waals surface area contributed by atoms with E-state index >= 15 is 0 Å². The number of nitrogens with zero attached hydrogens (tertiary/aromatic N) is 1. The minimum Gasteiger partial charge on any atom is -0.309 e. The first kappa shape index (κ1) is 57.9. The van der Waals surface area contributed by atoms with E-state index < -0.39 is 10.8 Å². The Morgan fingerprint density at radius 2 is 0.587 bits per heavy atom. The van der Waals surface area contributed by atoms with Gasteiger partial charge in [-0.15, -0.1) is 0 Å². The SMILES string of the molecule is CC(C)(C)c1ccc2c(c1)C1(c3ccccc3Sc3ccc(-c4ccccc4N(c4ccc5c(c4)C4(c6ccccc6-5)c5cc(C(C)(C)C)ccc5-c5ccc(C(C)(C)C)cc54)c4ccccc4-c4ccc(-c5ccccc5)cc4)cc31)c1cc(C(C)(C)C)ccc1-2. The van der Waals surface area contributed by atoms with Gasteiger partial charge in [-0.3, -0.25) is 0 Å². The monoisotopic (exact) mass is 1210 g/mol. The van der Waals surface area contributed by atoms with Gasteiger partial charge in [0, 0.05) is 26.6 Å². The van der Waals surface area contributed by atoms with E-state index in [9.17, 15) is 0 Å². The van der Waals surface area contributed by atoms with Gasteiger partial charge >= 0.3 is 0 Å². The molecule has 2 spiro atoms. The topological polar surface area (TPSA) is 3.24 Å². The average Bonchev–Trinajstić information content (AvgIpc) is 1.50. The largest absolute Gasteiger partial charge is 0.309 e. The number of anilines is 3. The van der Waals surface area contributed by atoms with Gasteiger partial charge in [0.1, 0.15) is 0 Å². The van der Waals surface area contributed by atoms with Crippen molar-refractivity contribution in [1.82, 2.24) is 0 Å². The molecule has 2 heteroatoms. The molecule has 0 amide bonds. The van der Waals surface area contributed by atoms with E-state index in [1.54, 1.807) is 0 Å². The Bertz CT molecular complexity index is 4860. The lowest BCUT2D eigenvalue weighted by Gasteiger charge is -2.41. The second-order valence-electron chi connectivity index (χ2n) is 30.4. The van der Waals surface area contributed by atoms with Crippen LogP contribution in [0.1, 0.15) is 150 Å². The summed E-state index contributed by atoms with van der Waals surface area (Å²) in [7, 11) is 0. The fourth-order valence-corrected chi connectivity index (χ4v) is 17.2. The molecule has 1 heterocycles. The molecule has 0 unspecified atom stereocenters. The van der Waals surface area contributed by atoms with Crippen LogP contribution in [-0.2, 0) is 32.5 Å². The third kappa shape index (κ3) is 8.73. The van der Waals surface area contributed by atoms with Crippen molar-refractivity contribution in [2.75, 3.05) is 4.90 Å². The number of hydrogen-bond donors (Lipinski definition) is 0. The summed E-state index contributed by atoms with van der Waals surface area (Å²) in [6, 6.07) is 101. The summed E-state index contributed by atoms with van der Waals surface area (Å²) < 4.78 is 0. The maximum absolute atomic E-state index is 2.60. The number of hydrogen-bond acceptors (Lipinski definition) is 2. The van der Waals surface area contributed by atoms with Gasteiger partial charge in [0.2, 0.25) is 0 Å². The molecule has 4 aliphatic rings. The molecule has 16 rings (SSSR count). The number of rotatable bonds is 6. The fourth-order valence-electron chi connectivity index (χ4n) is 16.0. The Kier molecular flexibility index (Phi) is 13.0. The molecule has 0 fully saturated rings. The Hall–Kier alpha value is -9.21. The van der Waals surface area contributed by atoms with E-state index in [1.165, 1.54) is 127 Å². The van der Waals surface area contributed by atoms with Crippen LogP contribution in [0.2, 0.25) is 0 Å². The molecule has 0 N–H and O–H groups in total. The predicted octanol–water partition coefficient (Wildman–Crippen LogP) is 24.5. The minimum absolute atomic E-state index is 0.0624. The highest BCUT2D eigenvalue weighted by molar-refractivity contribution is 7.99. The van der Waals surface area contributed by atoms with Crippen molar-refractivity contribution in [3.63, 3.8) is 0 Å². The second kappa shape index (κ2) is 20.6. The summed E-state index contributed by atoms with van der Waals surface area (Å²) >= 11 is 1.92. The normalized spacial score (nSPS) is 14.4. The maximum atomic E-state index is 2.60. The van der Waals surface area contributed by atoms with Crippen molar-refractivity contribution in [3.05, 3.63) is 328 Å². The van der Waals surface area contributed by atoms with Crippen LogP contribution in [-0.4, -0.2) is 0 Å². The average molecular weight is 1210 g/mol. The maximum Gasteiger partial charge on any atom is 0.0735 e. The van der Waals surface area contributed by atoms with Gasteiger partial charge in [-0.1, -0.05) is 313 Å². The van der Waals surface area contributed by atoms with Crippen LogP contribution in [0.4, 0.5) is 17.1 Å². The summed E-state index contributed by atoms with van der Waals surface area (Å²) in [5.41, 5.74) is 32.9. The Labute approximate surface area is 549 Å². The summed E-state index contributed by atoms with van der Waals surface area (Å²) in [5.74, 6) is 0. The molecule has 0 atom stereocenters. The highest BCUT2D eigenvalue weighted by Crippen LogP contribution is 2.66. The van der Waals surface area contributed by atoms with Crippen LogP contribution in [0.5, 0.6) is 0 Å². The van der Waals surface area contributed by atoms with Gasteiger partial charge in [-0.05, 0) is 187 Å². The van der Waals surface area contributed by atoms with Crippen LogP contribution < -0.4 is 4.90 Å². The lowest BCUT2D eigenvalue weighted by Crippen LogP contribution is -2.33. The van der Waals surface area contributed by atoms with Crippen LogP contribution >= 0.6 is 11.8 Å². The molecule has 92 heavy (non-hydrogen) atoms. The van der Waals surface area contributed by atoms with Gasteiger partial charge in [0.05, 0.1) is 22.2 Å². The molecule has 12 aromatic carbocycles. The first-order valence-corrected chi connectivity index (χ1v) is 33.9. The Morgan fingerprint density at radius 1 is 0.239 bits per heavy atom. The van der Waals surface area contributed by atoms with Crippen molar-refractivity contribution in [3.8, 4) is 66.8 Å². The van der Waals surface area contributed by atoms with Gasteiger partial charge < -0.3 is 4.90 Å². The van der Waals surface area contributed by atoms with E-state index in [-0.39, 0.29) is 21.7 Å². The molecule has 0 saturated carbocycles. The molecular formula is C90H79NS. The van der Waals surface area contributed by atoms with Crippen molar-refractivity contribution < 1.29 is 0 Å². The first-order chi connectivity index (χ1) is 44.1. The zero-order chi connectivity index (χ0) is 63.4. The number of para-hydroxylation sites is 2. The zero-order valence-electron chi connectivity index (χ0n) is 55.2. The minimum atomic E-state index is -0.596. The zero-order valence-corrected chi connectivity index (χ0v) is 56.0. The molecule has 450 valence electrons.